The third-order valence-corrected chi connectivity index (χ3v) is 5.47. The van der Waals surface area contributed by atoms with Gasteiger partial charge in [0.05, 0.1) is 18.1 Å². The lowest BCUT2D eigenvalue weighted by Gasteiger charge is -2.32. The number of carbonyl (C=O) groups excluding carboxylic acids is 1. The topological polar surface area (TPSA) is 99.6 Å². The summed E-state index contributed by atoms with van der Waals surface area (Å²) in [5, 5.41) is 20.6. The summed E-state index contributed by atoms with van der Waals surface area (Å²) < 4.78 is 5.96. The van der Waals surface area contributed by atoms with E-state index in [2.05, 4.69) is 20.8 Å². The number of nitrogens with zero attached hydrogens (tertiary/aromatic N) is 2. The van der Waals surface area contributed by atoms with Gasteiger partial charge in [-0.3, -0.25) is 9.80 Å². The number of hydrogen-bond donors (Lipinski definition) is 2. The van der Waals surface area contributed by atoms with Crippen molar-refractivity contribution in [3.63, 3.8) is 0 Å². The van der Waals surface area contributed by atoms with Crippen LogP contribution in [0, 0.1) is 11.3 Å². The predicted molar refractivity (Wildman–Crippen MR) is 101 cm³/mol. The van der Waals surface area contributed by atoms with E-state index in [0.29, 0.717) is 5.02 Å². The number of amides is 1. The Morgan fingerprint density at radius 2 is 2.04 bits per heavy atom. The van der Waals surface area contributed by atoms with Gasteiger partial charge in [0.25, 0.3) is 0 Å². The second-order valence-corrected chi connectivity index (χ2v) is 11.0. The molecule has 1 amide bonds. The number of nitrogens with two attached hydrogens (primary N) is 1. The van der Waals surface area contributed by atoms with E-state index >= 15 is 0 Å². The van der Waals surface area contributed by atoms with Crippen LogP contribution in [-0.4, -0.2) is 31.4 Å². The fourth-order valence-electron chi connectivity index (χ4n) is 2.09. The number of carbonyl (C=O) groups is 1. The molecule has 1 unspecified atom stereocenters. The Balaban J connectivity index is 2.89. The molecule has 1 rings (SSSR count). The highest BCUT2D eigenvalue weighted by Gasteiger charge is 2.31. The second kappa shape index (κ2) is 8.19. The van der Waals surface area contributed by atoms with Crippen molar-refractivity contribution in [3.05, 3.63) is 28.8 Å². The molecule has 0 aliphatic rings. The number of hydrogen-bond acceptors (Lipinski definition) is 5. The molecule has 0 saturated heterocycles. The molecule has 0 aliphatic carbocycles. The molecule has 1 aromatic carbocycles. The summed E-state index contributed by atoms with van der Waals surface area (Å²) in [6.07, 6.45) is 0.0338. The Morgan fingerprint density at radius 1 is 1.44 bits per heavy atom. The fourth-order valence-corrected chi connectivity index (χ4v) is 3.19. The molecular weight excluding hydrogens is 358 g/mol. The monoisotopic (exact) mass is 383 g/mol. The minimum absolute atomic E-state index is 0.0338. The average Bonchev–Trinajstić information content (AvgIpc) is 2.48. The summed E-state index contributed by atoms with van der Waals surface area (Å²) in [4.78, 5) is 12.5. The van der Waals surface area contributed by atoms with E-state index in [4.69, 9.17) is 21.9 Å². The number of benzene rings is 1. The van der Waals surface area contributed by atoms with Gasteiger partial charge in [0.2, 0.25) is 5.91 Å². The summed E-state index contributed by atoms with van der Waals surface area (Å²) in [5.41, 5.74) is -0.487. The van der Waals surface area contributed by atoms with Gasteiger partial charge in [-0.15, -0.1) is 0 Å². The van der Waals surface area contributed by atoms with E-state index in [-0.39, 0.29) is 22.8 Å². The van der Waals surface area contributed by atoms with Crippen molar-refractivity contribution in [1.29, 1.82) is 5.26 Å². The number of aromatic hydroxyl groups is 1. The first-order valence-electron chi connectivity index (χ1n) is 7.95. The molecule has 0 fully saturated rings. The zero-order chi connectivity index (χ0) is 19.4. The lowest BCUT2D eigenvalue weighted by atomic mass is 10.0. The molecule has 8 heteroatoms. The zero-order valence-corrected chi connectivity index (χ0v) is 17.5. The van der Waals surface area contributed by atoms with Crippen LogP contribution in [0.5, 0.6) is 5.75 Å². The summed E-state index contributed by atoms with van der Waals surface area (Å²) in [6.45, 7) is 9.95. The summed E-state index contributed by atoms with van der Waals surface area (Å²) in [5.74, 6) is 5.29. The molecule has 0 aliphatic heterocycles. The van der Waals surface area contributed by atoms with Gasteiger partial charge in [0.1, 0.15) is 5.75 Å². The maximum atomic E-state index is 12.5. The van der Waals surface area contributed by atoms with Crippen LogP contribution in [0.4, 0.5) is 0 Å². The minimum atomic E-state index is -1.14. The Labute approximate surface area is 156 Å². The fraction of sp³-hybridized carbons (Fsp3) is 0.529. The molecule has 6 nitrogen and oxygen atoms in total. The summed E-state index contributed by atoms with van der Waals surface area (Å²) in [7, 11) is -0.843. The van der Waals surface area contributed by atoms with Crippen molar-refractivity contribution in [1.82, 2.24) is 5.01 Å². The lowest BCUT2D eigenvalue weighted by molar-refractivity contribution is -0.136. The van der Waals surface area contributed by atoms with Crippen molar-refractivity contribution in [3.8, 4) is 11.8 Å². The van der Waals surface area contributed by atoms with Crippen LogP contribution in [0.3, 0.4) is 0 Å². The zero-order valence-electron chi connectivity index (χ0n) is 15.3. The van der Waals surface area contributed by atoms with Crippen molar-refractivity contribution in [2.24, 2.45) is 5.84 Å². The van der Waals surface area contributed by atoms with E-state index in [1.807, 2.05) is 19.9 Å². The number of nitriles is 1. The average molecular weight is 384 g/mol. The Bertz CT molecular complexity index is 668. The smallest absolute Gasteiger partial charge is 0.240 e. The normalized spacial score (nSPS) is 13.7. The SMILES string of the molecule is CC(C)(CC(=O)N(N)C(C#N)c1cc(Cl)ccc1O)O[SiH2]C(C)(C)C. The van der Waals surface area contributed by atoms with Crippen molar-refractivity contribution >= 4 is 27.3 Å². The summed E-state index contributed by atoms with van der Waals surface area (Å²) >= 11 is 5.91. The standard InChI is InChI=1S/C17H26ClN3O3Si/c1-16(2,3)25-24-17(4,5)9-15(23)21(20)13(10-19)12-8-11(18)6-7-14(12)22/h6-8,13,22H,9,20,25H2,1-5H3. The molecule has 0 radical (unpaired) electrons. The molecule has 1 aromatic rings. The highest BCUT2D eigenvalue weighted by Crippen LogP contribution is 2.31. The van der Waals surface area contributed by atoms with Gasteiger partial charge in [-0.05, 0) is 37.1 Å². The molecule has 0 aromatic heterocycles. The van der Waals surface area contributed by atoms with Crippen molar-refractivity contribution in [2.45, 2.75) is 57.7 Å². The number of phenols is 1. The van der Waals surface area contributed by atoms with Crippen LogP contribution < -0.4 is 5.84 Å². The Kier molecular flexibility index (Phi) is 7.03. The van der Waals surface area contributed by atoms with Gasteiger partial charge in [-0.2, -0.15) is 5.26 Å². The highest BCUT2D eigenvalue weighted by molar-refractivity contribution is 6.32. The van der Waals surface area contributed by atoms with Crippen molar-refractivity contribution in [2.75, 3.05) is 0 Å². The van der Waals surface area contributed by atoms with E-state index in [0.717, 1.165) is 5.01 Å². The van der Waals surface area contributed by atoms with E-state index < -0.39 is 27.3 Å². The molecular formula is C17H26ClN3O3Si. The largest absolute Gasteiger partial charge is 0.508 e. The lowest BCUT2D eigenvalue weighted by Crippen LogP contribution is -2.44. The van der Waals surface area contributed by atoms with Gasteiger partial charge in [0, 0.05) is 10.6 Å². The van der Waals surface area contributed by atoms with E-state index in [1.54, 1.807) is 0 Å². The van der Waals surface area contributed by atoms with Crippen LogP contribution in [-0.2, 0) is 9.22 Å². The molecule has 1 atom stereocenters. The van der Waals surface area contributed by atoms with Crippen molar-refractivity contribution < 1.29 is 14.3 Å². The van der Waals surface area contributed by atoms with Gasteiger partial charge in [0.15, 0.2) is 15.8 Å². The first-order chi connectivity index (χ1) is 11.4. The van der Waals surface area contributed by atoms with Gasteiger partial charge < -0.3 is 9.53 Å². The van der Waals surface area contributed by atoms with Crippen LogP contribution >= 0.6 is 11.6 Å². The van der Waals surface area contributed by atoms with Crippen LogP contribution in [0.25, 0.3) is 0 Å². The molecule has 25 heavy (non-hydrogen) atoms. The minimum Gasteiger partial charge on any atom is -0.508 e. The predicted octanol–water partition coefficient (Wildman–Crippen LogP) is 2.80. The number of rotatable bonds is 6. The van der Waals surface area contributed by atoms with Gasteiger partial charge >= 0.3 is 0 Å². The second-order valence-electron chi connectivity index (χ2n) is 7.82. The molecule has 0 saturated carbocycles. The highest BCUT2D eigenvalue weighted by atomic mass is 35.5. The first-order valence-corrected chi connectivity index (χ1v) is 9.61. The third-order valence-electron chi connectivity index (χ3n) is 3.45. The first kappa shape index (κ1) is 21.4. The molecule has 0 bridgehead atoms. The Morgan fingerprint density at radius 3 is 2.56 bits per heavy atom. The third kappa shape index (κ3) is 6.67. The number of hydrazine groups is 1. The maximum Gasteiger partial charge on any atom is 0.240 e. The van der Waals surface area contributed by atoms with E-state index in [1.165, 1.54) is 18.2 Å². The van der Waals surface area contributed by atoms with Crippen LogP contribution in [0.1, 0.15) is 52.6 Å². The van der Waals surface area contributed by atoms with Gasteiger partial charge in [-0.25, -0.2) is 5.84 Å². The summed E-state index contributed by atoms with van der Waals surface area (Å²) in [6, 6.07) is 5.08. The molecule has 0 heterocycles. The Hall–Kier alpha value is -1.59. The van der Waals surface area contributed by atoms with Crippen LogP contribution in [0.15, 0.2) is 18.2 Å². The van der Waals surface area contributed by atoms with Crippen LogP contribution in [0.2, 0.25) is 10.1 Å². The molecule has 138 valence electrons. The molecule has 0 spiro atoms. The quantitative estimate of drug-likeness (QED) is 0.340. The number of halogens is 1. The van der Waals surface area contributed by atoms with E-state index in [9.17, 15) is 15.2 Å². The molecule has 3 N–H and O–H groups in total. The maximum absolute atomic E-state index is 12.5. The number of phenolic OH excluding ortho intramolecular Hbond substituents is 1. The van der Waals surface area contributed by atoms with Gasteiger partial charge in [-0.1, -0.05) is 32.4 Å².